The molecule has 4 aliphatic carbocycles. The first-order valence-corrected chi connectivity index (χ1v) is 11.7. The number of benzene rings is 1. The van der Waals surface area contributed by atoms with Gasteiger partial charge in [0.05, 0.1) is 0 Å². The molecule has 0 spiro atoms. The molecule has 4 aliphatic rings. The number of aromatic nitrogens is 2. The summed E-state index contributed by atoms with van der Waals surface area (Å²) in [5.41, 5.74) is 1.82. The maximum Gasteiger partial charge on any atom is 0.271 e. The first kappa shape index (κ1) is 20.4. The van der Waals surface area contributed by atoms with Crippen molar-refractivity contribution in [2.45, 2.75) is 56.5 Å². The highest BCUT2D eigenvalue weighted by molar-refractivity contribution is 5.95. The number of pyridine rings is 1. The molecule has 2 atom stereocenters. The molecule has 4 fully saturated rings. The Balaban J connectivity index is 1.25. The number of fused-ring (bicyclic) bond motifs is 1. The van der Waals surface area contributed by atoms with Gasteiger partial charge in [-0.1, -0.05) is 12.1 Å². The molecule has 1 aromatic carbocycles. The van der Waals surface area contributed by atoms with Gasteiger partial charge < -0.3 is 15.0 Å². The van der Waals surface area contributed by atoms with Crippen molar-refractivity contribution in [1.82, 2.24) is 20.0 Å². The molecular formula is C26H27FN4O2. The maximum absolute atomic E-state index is 13.7. The van der Waals surface area contributed by atoms with E-state index in [4.69, 9.17) is 0 Å². The van der Waals surface area contributed by atoms with Gasteiger partial charge in [0.1, 0.15) is 17.2 Å². The summed E-state index contributed by atoms with van der Waals surface area (Å²) in [5.74, 6) is 0.102. The summed E-state index contributed by atoms with van der Waals surface area (Å²) in [7, 11) is 0. The number of nitrogens with one attached hydrogen (secondary N) is 2. The maximum atomic E-state index is 13.7. The van der Waals surface area contributed by atoms with Crippen LogP contribution in [0, 0.1) is 24.6 Å². The Bertz CT molecular complexity index is 1270. The minimum atomic E-state index is -0.417. The zero-order chi connectivity index (χ0) is 22.8. The number of carbonyl (C=O) groups excluding carboxylic acids is 2. The van der Waals surface area contributed by atoms with E-state index < -0.39 is 5.82 Å². The highest BCUT2D eigenvalue weighted by atomic mass is 19.1. The van der Waals surface area contributed by atoms with Crippen LogP contribution in [-0.2, 0) is 0 Å². The van der Waals surface area contributed by atoms with Crippen LogP contribution in [0.15, 0.2) is 48.7 Å². The van der Waals surface area contributed by atoms with Gasteiger partial charge in [-0.25, -0.2) is 9.37 Å². The van der Waals surface area contributed by atoms with E-state index in [1.165, 1.54) is 12.1 Å². The van der Waals surface area contributed by atoms with Gasteiger partial charge in [-0.15, -0.1) is 0 Å². The standard InChI is InChI=1S/C26H27FN4O2/c1-16-4-2-7-22-28-21(14-31(16)22)24(33)30-26-12-17-8-18(13-26)11-25(10-17,15-26)29-23(32)19-5-3-6-20(27)9-19/h2-7,9,14,17-18H,8,10-13,15H2,1H3,(H,29,32)(H,30,33). The van der Waals surface area contributed by atoms with E-state index in [1.54, 1.807) is 18.3 Å². The van der Waals surface area contributed by atoms with Crippen LogP contribution in [0.4, 0.5) is 4.39 Å². The molecule has 2 heterocycles. The fraction of sp³-hybridized carbons (Fsp3) is 0.423. The van der Waals surface area contributed by atoms with Crippen LogP contribution in [0.1, 0.15) is 65.1 Å². The number of nitrogens with zero attached hydrogens (tertiary/aromatic N) is 2. The van der Waals surface area contributed by atoms with Crippen LogP contribution in [0.25, 0.3) is 5.65 Å². The van der Waals surface area contributed by atoms with E-state index in [1.807, 2.05) is 29.5 Å². The summed E-state index contributed by atoms with van der Waals surface area (Å²) in [6, 6.07) is 11.6. The monoisotopic (exact) mass is 446 g/mol. The van der Waals surface area contributed by atoms with E-state index >= 15 is 0 Å². The van der Waals surface area contributed by atoms with Crippen LogP contribution in [0.2, 0.25) is 0 Å². The SMILES string of the molecule is Cc1cccc2nc(C(=O)NC34CC5CC(CC(NC(=O)c6cccc(F)c6)(C5)C3)C4)cn12. The zero-order valence-electron chi connectivity index (χ0n) is 18.6. The molecule has 6 nitrogen and oxygen atoms in total. The minimum Gasteiger partial charge on any atom is -0.346 e. The molecule has 4 saturated carbocycles. The predicted octanol–water partition coefficient (Wildman–Crippen LogP) is 4.03. The summed E-state index contributed by atoms with van der Waals surface area (Å²) in [4.78, 5) is 30.8. The number of imidazole rings is 1. The van der Waals surface area contributed by atoms with Crippen LogP contribution in [0.3, 0.4) is 0 Å². The first-order valence-electron chi connectivity index (χ1n) is 11.7. The summed E-state index contributed by atoms with van der Waals surface area (Å²) < 4.78 is 15.6. The second-order valence-electron chi connectivity index (χ2n) is 10.5. The van der Waals surface area contributed by atoms with Crippen LogP contribution in [0.5, 0.6) is 0 Å². The number of hydrogen-bond donors (Lipinski definition) is 2. The predicted molar refractivity (Wildman–Crippen MR) is 121 cm³/mol. The third-order valence-electron chi connectivity index (χ3n) is 7.83. The fourth-order valence-electron chi connectivity index (χ4n) is 7.06. The normalized spacial score (nSPS) is 29.9. The van der Waals surface area contributed by atoms with E-state index in [9.17, 15) is 14.0 Å². The topological polar surface area (TPSA) is 75.5 Å². The molecule has 170 valence electrons. The molecule has 33 heavy (non-hydrogen) atoms. The number of aryl methyl sites for hydroxylation is 1. The van der Waals surface area contributed by atoms with Gasteiger partial charge in [-0.3, -0.25) is 9.59 Å². The lowest BCUT2D eigenvalue weighted by molar-refractivity contribution is -0.0448. The molecule has 2 aromatic heterocycles. The lowest BCUT2D eigenvalue weighted by Gasteiger charge is -2.62. The fourth-order valence-corrected chi connectivity index (χ4v) is 7.06. The summed E-state index contributed by atoms with van der Waals surface area (Å²) in [6.45, 7) is 1.99. The average Bonchev–Trinajstić information content (AvgIpc) is 3.18. The van der Waals surface area contributed by atoms with E-state index in [-0.39, 0.29) is 22.9 Å². The van der Waals surface area contributed by atoms with Gasteiger partial charge in [-0.05, 0) is 87.6 Å². The Labute approximate surface area is 191 Å². The van der Waals surface area contributed by atoms with Crippen molar-refractivity contribution in [3.8, 4) is 0 Å². The lowest BCUT2D eigenvalue weighted by atomic mass is 9.49. The first-order chi connectivity index (χ1) is 15.8. The van der Waals surface area contributed by atoms with Crippen molar-refractivity contribution in [2.75, 3.05) is 0 Å². The van der Waals surface area contributed by atoms with Crippen molar-refractivity contribution < 1.29 is 14.0 Å². The minimum absolute atomic E-state index is 0.161. The Morgan fingerprint density at radius 1 is 1.00 bits per heavy atom. The Hall–Kier alpha value is -3.22. The molecule has 0 radical (unpaired) electrons. The van der Waals surface area contributed by atoms with Crippen molar-refractivity contribution in [3.05, 3.63) is 71.4 Å². The third-order valence-corrected chi connectivity index (χ3v) is 7.83. The van der Waals surface area contributed by atoms with Crippen molar-refractivity contribution >= 4 is 17.5 Å². The highest BCUT2D eigenvalue weighted by Gasteiger charge is 2.58. The van der Waals surface area contributed by atoms with Gasteiger partial charge >= 0.3 is 0 Å². The lowest BCUT2D eigenvalue weighted by Crippen LogP contribution is -2.69. The highest BCUT2D eigenvalue weighted by Crippen LogP contribution is 2.57. The molecule has 0 aliphatic heterocycles. The third kappa shape index (κ3) is 3.50. The summed E-state index contributed by atoms with van der Waals surface area (Å²) in [6.07, 6.45) is 7.32. The molecule has 2 amide bonds. The van der Waals surface area contributed by atoms with Crippen molar-refractivity contribution in [3.63, 3.8) is 0 Å². The Morgan fingerprint density at radius 3 is 2.33 bits per heavy atom. The van der Waals surface area contributed by atoms with Gasteiger partial charge in [0.2, 0.25) is 0 Å². The molecular weight excluding hydrogens is 419 g/mol. The van der Waals surface area contributed by atoms with E-state index in [0.717, 1.165) is 43.4 Å². The van der Waals surface area contributed by atoms with Crippen LogP contribution >= 0.6 is 0 Å². The van der Waals surface area contributed by atoms with Crippen molar-refractivity contribution in [2.24, 2.45) is 11.8 Å². The number of amides is 2. The molecule has 4 bridgehead atoms. The second-order valence-corrected chi connectivity index (χ2v) is 10.5. The quantitative estimate of drug-likeness (QED) is 0.635. The van der Waals surface area contributed by atoms with Crippen molar-refractivity contribution in [1.29, 1.82) is 0 Å². The number of hydrogen-bond acceptors (Lipinski definition) is 3. The molecule has 0 saturated heterocycles. The zero-order valence-corrected chi connectivity index (χ0v) is 18.6. The van der Waals surface area contributed by atoms with Gasteiger partial charge in [-0.2, -0.15) is 0 Å². The van der Waals surface area contributed by atoms with Gasteiger partial charge in [0.15, 0.2) is 0 Å². The van der Waals surface area contributed by atoms with E-state index in [0.29, 0.717) is 29.5 Å². The van der Waals surface area contributed by atoms with Gasteiger partial charge in [0.25, 0.3) is 11.8 Å². The van der Waals surface area contributed by atoms with Crippen LogP contribution in [-0.4, -0.2) is 32.3 Å². The van der Waals surface area contributed by atoms with E-state index in [2.05, 4.69) is 15.6 Å². The smallest absolute Gasteiger partial charge is 0.271 e. The number of rotatable bonds is 4. The molecule has 7 rings (SSSR count). The molecule has 2 N–H and O–H groups in total. The number of halogens is 1. The van der Waals surface area contributed by atoms with Gasteiger partial charge in [0, 0.05) is 28.5 Å². The van der Waals surface area contributed by atoms with Crippen LogP contribution < -0.4 is 10.6 Å². The molecule has 2 unspecified atom stereocenters. The Kier molecular flexibility index (Phi) is 4.41. The summed E-state index contributed by atoms with van der Waals surface area (Å²) >= 11 is 0. The molecule has 3 aromatic rings. The largest absolute Gasteiger partial charge is 0.346 e. The number of carbonyl (C=O) groups is 2. The summed E-state index contributed by atoms with van der Waals surface area (Å²) in [5, 5.41) is 6.60. The average molecular weight is 447 g/mol. The second kappa shape index (κ2) is 7.14. The Morgan fingerprint density at radius 2 is 1.67 bits per heavy atom. The molecule has 7 heteroatoms.